The fraction of sp³-hybridized carbons (Fsp3) is 0.385. The molecule has 0 bridgehead atoms. The van der Waals surface area contributed by atoms with Crippen LogP contribution in [0.3, 0.4) is 0 Å². The monoisotopic (exact) mass is 313 g/mol. The van der Waals surface area contributed by atoms with Crippen molar-refractivity contribution in [1.29, 1.82) is 0 Å². The highest BCUT2D eigenvalue weighted by molar-refractivity contribution is 6.34. The molecule has 0 atom stereocenters. The van der Waals surface area contributed by atoms with Gasteiger partial charge >= 0.3 is 11.4 Å². The number of halogens is 2. The van der Waals surface area contributed by atoms with E-state index in [-0.39, 0.29) is 11.4 Å². The molecule has 0 amide bonds. The molecule has 3 rings (SSSR count). The molecule has 1 aliphatic heterocycles. The van der Waals surface area contributed by atoms with Gasteiger partial charge in [-0.15, -0.1) is 0 Å². The van der Waals surface area contributed by atoms with E-state index in [0.717, 1.165) is 23.8 Å². The third-order valence-corrected chi connectivity index (χ3v) is 3.90. The van der Waals surface area contributed by atoms with E-state index < -0.39 is 0 Å². The number of rotatable bonds is 1. The van der Waals surface area contributed by atoms with Crippen LogP contribution in [0.5, 0.6) is 0 Å². The van der Waals surface area contributed by atoms with Crippen LogP contribution in [0.2, 0.25) is 10.0 Å². The summed E-state index contributed by atoms with van der Waals surface area (Å²) in [7, 11) is 0. The topological polar surface area (TPSA) is 48.9 Å². The molecule has 106 valence electrons. The molecule has 1 aromatic heterocycles. The van der Waals surface area contributed by atoms with Crippen LogP contribution in [0.4, 0.5) is 0 Å². The molecule has 2 aromatic rings. The van der Waals surface area contributed by atoms with Crippen molar-refractivity contribution in [2.45, 2.75) is 32.4 Å². The van der Waals surface area contributed by atoms with E-state index in [1.165, 1.54) is 9.36 Å². The molecule has 0 radical (unpaired) electrons. The van der Waals surface area contributed by atoms with Crippen molar-refractivity contribution in [2.75, 3.05) is 0 Å². The van der Waals surface area contributed by atoms with Crippen LogP contribution in [-0.2, 0) is 13.1 Å². The number of benzene rings is 1. The molecule has 0 saturated heterocycles. The van der Waals surface area contributed by atoms with Crippen LogP contribution in [0.15, 0.2) is 27.8 Å². The molecular weight excluding hydrogens is 301 g/mol. The van der Waals surface area contributed by atoms with E-state index in [2.05, 4.69) is 0 Å². The molecule has 1 aliphatic rings. The predicted octanol–water partition coefficient (Wildman–Crippen LogP) is 2.29. The van der Waals surface area contributed by atoms with Gasteiger partial charge in [0.15, 0.2) is 0 Å². The molecule has 2 heterocycles. The van der Waals surface area contributed by atoms with Gasteiger partial charge in [0.05, 0.1) is 5.69 Å². The number of nitrogens with zero attached hydrogens (tertiary/aromatic N) is 3. The minimum Gasteiger partial charge on any atom is -0.246 e. The molecule has 0 N–H and O–H groups in total. The Bertz CT molecular complexity index is 715. The first-order valence-corrected chi connectivity index (χ1v) is 7.22. The lowest BCUT2D eigenvalue weighted by Gasteiger charge is -2.01. The maximum atomic E-state index is 12.4. The van der Waals surface area contributed by atoms with Gasteiger partial charge < -0.3 is 0 Å². The highest BCUT2D eigenvalue weighted by Crippen LogP contribution is 2.20. The first-order valence-electron chi connectivity index (χ1n) is 6.47. The fourth-order valence-corrected chi connectivity index (χ4v) is 3.06. The highest BCUT2D eigenvalue weighted by Gasteiger charge is 2.19. The zero-order valence-corrected chi connectivity index (χ0v) is 12.2. The summed E-state index contributed by atoms with van der Waals surface area (Å²) < 4.78 is 4.14. The molecule has 7 heteroatoms. The molecule has 0 spiro atoms. The van der Waals surface area contributed by atoms with Gasteiger partial charge in [0, 0.05) is 23.1 Å². The molecule has 5 nitrogen and oxygen atoms in total. The van der Waals surface area contributed by atoms with Crippen LogP contribution < -0.4 is 11.4 Å². The van der Waals surface area contributed by atoms with E-state index >= 15 is 0 Å². The summed E-state index contributed by atoms with van der Waals surface area (Å²) >= 11 is 11.9. The summed E-state index contributed by atoms with van der Waals surface area (Å²) in [6, 6.07) is 4.70. The average Bonchev–Trinajstić information content (AvgIpc) is 2.57. The van der Waals surface area contributed by atoms with E-state index in [1.54, 1.807) is 18.2 Å². The van der Waals surface area contributed by atoms with Gasteiger partial charge in [0.2, 0.25) is 0 Å². The Hall–Kier alpha value is -1.46. The van der Waals surface area contributed by atoms with Crippen molar-refractivity contribution < 1.29 is 0 Å². The van der Waals surface area contributed by atoms with Crippen molar-refractivity contribution in [3.05, 3.63) is 49.2 Å². The summed E-state index contributed by atoms with van der Waals surface area (Å²) in [5, 5.41) is 0.787. The molecule has 0 fully saturated rings. The van der Waals surface area contributed by atoms with Crippen molar-refractivity contribution in [3.63, 3.8) is 0 Å². The normalized spacial score (nSPS) is 14.9. The van der Waals surface area contributed by atoms with Crippen molar-refractivity contribution in [3.8, 4) is 5.69 Å². The standard InChI is InChI=1S/C13H13Cl2N3O2/c14-9-6-10(15)8-11(7-9)18-12(19)16-4-2-1-3-5-17(16)13(18)20/h6-8H,1-5H2. The van der Waals surface area contributed by atoms with E-state index in [1.807, 2.05) is 0 Å². The largest absolute Gasteiger partial charge is 0.351 e. The molecule has 20 heavy (non-hydrogen) atoms. The van der Waals surface area contributed by atoms with Crippen molar-refractivity contribution in [2.24, 2.45) is 0 Å². The zero-order chi connectivity index (χ0) is 14.3. The minimum atomic E-state index is -0.338. The number of hydrogen-bond donors (Lipinski definition) is 0. The lowest BCUT2D eigenvalue weighted by atomic mass is 10.2. The second-order valence-electron chi connectivity index (χ2n) is 4.84. The van der Waals surface area contributed by atoms with E-state index in [0.29, 0.717) is 28.8 Å². The van der Waals surface area contributed by atoms with Gasteiger partial charge in [0.1, 0.15) is 0 Å². The quantitative estimate of drug-likeness (QED) is 0.811. The Balaban J connectivity index is 2.25. The second-order valence-corrected chi connectivity index (χ2v) is 5.71. The maximum Gasteiger partial charge on any atom is 0.351 e. The first-order chi connectivity index (χ1) is 9.58. The highest BCUT2D eigenvalue weighted by atomic mass is 35.5. The summed E-state index contributed by atoms with van der Waals surface area (Å²) in [5.74, 6) is 0. The SMILES string of the molecule is O=c1n(-c2cc(Cl)cc(Cl)c2)c(=O)n2n1CCCCC2. The average molecular weight is 314 g/mol. The zero-order valence-electron chi connectivity index (χ0n) is 10.7. The Morgan fingerprint density at radius 3 is 1.80 bits per heavy atom. The summed E-state index contributed by atoms with van der Waals surface area (Å²) in [5.41, 5.74) is -0.268. The van der Waals surface area contributed by atoms with Crippen LogP contribution >= 0.6 is 23.2 Å². The lowest BCUT2D eigenvalue weighted by Crippen LogP contribution is -2.27. The maximum absolute atomic E-state index is 12.4. The Morgan fingerprint density at radius 1 is 0.800 bits per heavy atom. The van der Waals surface area contributed by atoms with Gasteiger partial charge in [-0.1, -0.05) is 23.2 Å². The molecular formula is C13H13Cl2N3O2. The van der Waals surface area contributed by atoms with Gasteiger partial charge in [-0.2, -0.15) is 0 Å². The third-order valence-electron chi connectivity index (χ3n) is 3.46. The summed E-state index contributed by atoms with van der Waals surface area (Å²) in [6.07, 6.45) is 2.83. The van der Waals surface area contributed by atoms with Crippen molar-refractivity contribution >= 4 is 23.2 Å². The Kier molecular flexibility index (Phi) is 3.48. The summed E-state index contributed by atoms with van der Waals surface area (Å²) in [4.78, 5) is 24.9. The molecule has 0 saturated carbocycles. The van der Waals surface area contributed by atoms with E-state index in [9.17, 15) is 9.59 Å². The van der Waals surface area contributed by atoms with E-state index in [4.69, 9.17) is 23.2 Å². The van der Waals surface area contributed by atoms with Gasteiger partial charge in [-0.05, 0) is 37.5 Å². The van der Waals surface area contributed by atoms with Crippen LogP contribution in [0, 0.1) is 0 Å². The predicted molar refractivity (Wildman–Crippen MR) is 78.2 cm³/mol. The number of fused-ring (bicyclic) bond motifs is 1. The molecule has 0 aliphatic carbocycles. The van der Waals surface area contributed by atoms with Gasteiger partial charge in [0.25, 0.3) is 0 Å². The number of aromatic nitrogens is 3. The van der Waals surface area contributed by atoms with Crippen LogP contribution in [-0.4, -0.2) is 13.9 Å². The number of hydrogen-bond acceptors (Lipinski definition) is 2. The second kappa shape index (κ2) is 5.14. The Morgan fingerprint density at radius 2 is 1.30 bits per heavy atom. The lowest BCUT2D eigenvalue weighted by molar-refractivity contribution is 0.466. The smallest absolute Gasteiger partial charge is 0.246 e. The minimum absolute atomic E-state index is 0.338. The molecule has 1 aromatic carbocycles. The third kappa shape index (κ3) is 2.21. The fourth-order valence-electron chi connectivity index (χ4n) is 2.54. The Labute approximate surface area is 124 Å². The van der Waals surface area contributed by atoms with Crippen LogP contribution in [0.25, 0.3) is 5.69 Å². The first kappa shape index (κ1) is 13.5. The summed E-state index contributed by atoms with van der Waals surface area (Å²) in [6.45, 7) is 1.13. The molecule has 0 unspecified atom stereocenters. The van der Waals surface area contributed by atoms with Crippen LogP contribution in [0.1, 0.15) is 19.3 Å². The van der Waals surface area contributed by atoms with Gasteiger partial charge in [-0.25, -0.2) is 23.5 Å². The van der Waals surface area contributed by atoms with Crippen molar-refractivity contribution in [1.82, 2.24) is 13.9 Å². The van der Waals surface area contributed by atoms with Gasteiger partial charge in [-0.3, -0.25) is 0 Å².